The number of ketones is 1. The normalized spacial score (nSPS) is 11.0. The molecule has 0 aliphatic carbocycles. The van der Waals surface area contributed by atoms with Crippen molar-refractivity contribution in [2.24, 2.45) is 4.99 Å². The maximum absolute atomic E-state index is 12.3. The number of Topliss-reactive ketones (excluding diaryl/α,β-unsaturated/α-hetero) is 1. The van der Waals surface area contributed by atoms with Crippen LogP contribution in [0.1, 0.15) is 15.9 Å². The van der Waals surface area contributed by atoms with E-state index in [4.69, 9.17) is 0 Å². The van der Waals surface area contributed by atoms with E-state index in [-0.39, 0.29) is 18.1 Å². The molecule has 0 N–H and O–H groups in total. The predicted octanol–water partition coefficient (Wildman–Crippen LogP) is 3.59. The third-order valence-electron chi connectivity index (χ3n) is 2.70. The van der Waals surface area contributed by atoms with Gasteiger partial charge in [-0.15, -0.1) is 0 Å². The Morgan fingerprint density at radius 2 is 1.76 bits per heavy atom. The van der Waals surface area contributed by atoms with Gasteiger partial charge in [-0.2, -0.15) is 8.78 Å². The van der Waals surface area contributed by atoms with Crippen molar-refractivity contribution >= 4 is 12.0 Å². The van der Waals surface area contributed by atoms with Gasteiger partial charge < -0.3 is 4.74 Å². The van der Waals surface area contributed by atoms with Gasteiger partial charge in [0.15, 0.2) is 5.78 Å². The van der Waals surface area contributed by atoms with E-state index in [1.54, 1.807) is 42.5 Å². The molecule has 0 amide bonds. The number of para-hydroxylation sites is 1. The summed E-state index contributed by atoms with van der Waals surface area (Å²) in [5.41, 5.74) is 0.963. The molecule has 2 aromatic carbocycles. The molecule has 0 aromatic heterocycles. The predicted molar refractivity (Wildman–Crippen MR) is 76.3 cm³/mol. The topological polar surface area (TPSA) is 38.7 Å². The van der Waals surface area contributed by atoms with Gasteiger partial charge in [0.25, 0.3) is 0 Å². The van der Waals surface area contributed by atoms with E-state index >= 15 is 0 Å². The second kappa shape index (κ2) is 7.28. The van der Waals surface area contributed by atoms with Crippen LogP contribution in [-0.2, 0) is 0 Å². The maximum atomic E-state index is 12.3. The van der Waals surface area contributed by atoms with Crippen LogP contribution >= 0.6 is 0 Å². The molecule has 0 spiro atoms. The van der Waals surface area contributed by atoms with Gasteiger partial charge in [-0.3, -0.25) is 9.79 Å². The molecular formula is C16H13F2NO2. The summed E-state index contributed by atoms with van der Waals surface area (Å²) in [5.74, 6) is -0.109. The van der Waals surface area contributed by atoms with Crippen LogP contribution in [-0.4, -0.2) is 25.2 Å². The number of hydrogen-bond acceptors (Lipinski definition) is 3. The first kappa shape index (κ1) is 14.8. The van der Waals surface area contributed by atoms with Crippen LogP contribution in [0.2, 0.25) is 0 Å². The van der Waals surface area contributed by atoms with E-state index in [2.05, 4.69) is 9.73 Å². The first-order chi connectivity index (χ1) is 10.2. The number of aliphatic imine (C=N–C) groups is 1. The number of benzene rings is 2. The number of rotatable bonds is 6. The van der Waals surface area contributed by atoms with Crippen LogP contribution in [0.5, 0.6) is 5.75 Å². The lowest BCUT2D eigenvalue weighted by Gasteiger charge is -2.06. The van der Waals surface area contributed by atoms with Gasteiger partial charge in [0.2, 0.25) is 0 Å². The number of nitrogens with zero attached hydrogens (tertiary/aromatic N) is 1. The smallest absolute Gasteiger partial charge is 0.387 e. The minimum Gasteiger partial charge on any atom is -0.434 e. The molecular weight excluding hydrogens is 276 g/mol. The van der Waals surface area contributed by atoms with Crippen molar-refractivity contribution in [2.45, 2.75) is 6.61 Å². The number of carbonyl (C=O) groups excluding carboxylic acids is 1. The number of halogens is 2. The maximum Gasteiger partial charge on any atom is 0.387 e. The van der Waals surface area contributed by atoms with Crippen molar-refractivity contribution in [1.82, 2.24) is 0 Å². The van der Waals surface area contributed by atoms with Gasteiger partial charge in [-0.05, 0) is 12.1 Å². The number of alkyl halides is 2. The number of carbonyl (C=O) groups is 1. The fourth-order valence-corrected chi connectivity index (χ4v) is 1.73. The molecule has 0 bridgehead atoms. The Bertz CT molecular complexity index is 627. The lowest BCUT2D eigenvalue weighted by molar-refractivity contribution is -0.0499. The van der Waals surface area contributed by atoms with Crippen LogP contribution in [0.15, 0.2) is 59.6 Å². The van der Waals surface area contributed by atoms with E-state index in [1.807, 2.05) is 6.07 Å². The van der Waals surface area contributed by atoms with Crippen LogP contribution in [0, 0.1) is 0 Å². The van der Waals surface area contributed by atoms with Crippen molar-refractivity contribution in [3.63, 3.8) is 0 Å². The molecule has 21 heavy (non-hydrogen) atoms. The SMILES string of the molecule is O=C(CN=Cc1ccccc1OC(F)F)c1ccccc1. The first-order valence-corrected chi connectivity index (χ1v) is 6.29. The van der Waals surface area contributed by atoms with Crippen molar-refractivity contribution in [3.8, 4) is 5.75 Å². The van der Waals surface area contributed by atoms with Gasteiger partial charge in [-0.1, -0.05) is 42.5 Å². The highest BCUT2D eigenvalue weighted by molar-refractivity contribution is 5.98. The zero-order valence-corrected chi connectivity index (χ0v) is 11.1. The van der Waals surface area contributed by atoms with E-state index in [0.717, 1.165) is 0 Å². The van der Waals surface area contributed by atoms with Crippen molar-refractivity contribution in [3.05, 3.63) is 65.7 Å². The lowest BCUT2D eigenvalue weighted by Crippen LogP contribution is -2.05. The minimum absolute atomic E-state index is 0.0309. The summed E-state index contributed by atoms with van der Waals surface area (Å²) in [5, 5.41) is 0. The highest BCUT2D eigenvalue weighted by atomic mass is 19.3. The molecule has 108 valence electrons. The molecule has 0 saturated carbocycles. The molecule has 3 nitrogen and oxygen atoms in total. The largest absolute Gasteiger partial charge is 0.434 e. The Labute approximate surface area is 120 Å². The minimum atomic E-state index is -2.90. The average molecular weight is 289 g/mol. The summed E-state index contributed by atoms with van der Waals surface area (Å²) in [6.07, 6.45) is 1.36. The van der Waals surface area contributed by atoms with Crippen LogP contribution in [0.4, 0.5) is 8.78 Å². The number of hydrogen-bond donors (Lipinski definition) is 0. The van der Waals surface area contributed by atoms with Gasteiger partial charge in [-0.25, -0.2) is 0 Å². The zero-order valence-electron chi connectivity index (χ0n) is 11.1. The van der Waals surface area contributed by atoms with Gasteiger partial charge in [0.1, 0.15) is 12.3 Å². The van der Waals surface area contributed by atoms with Crippen LogP contribution < -0.4 is 4.74 Å². The Hall–Kier alpha value is -2.56. The molecule has 0 saturated heterocycles. The molecule has 0 aliphatic rings. The summed E-state index contributed by atoms with van der Waals surface area (Å²) in [6.45, 7) is -2.95. The number of ether oxygens (including phenoxy) is 1. The summed E-state index contributed by atoms with van der Waals surface area (Å²) in [6, 6.07) is 15.0. The monoisotopic (exact) mass is 289 g/mol. The molecule has 5 heteroatoms. The quantitative estimate of drug-likeness (QED) is 0.602. The molecule has 2 rings (SSSR count). The van der Waals surface area contributed by atoms with Crippen molar-refractivity contribution in [2.75, 3.05) is 6.54 Å². The highest BCUT2D eigenvalue weighted by Crippen LogP contribution is 2.18. The van der Waals surface area contributed by atoms with E-state index in [0.29, 0.717) is 11.1 Å². The molecule has 0 heterocycles. The molecule has 0 fully saturated rings. The Morgan fingerprint density at radius 1 is 1.10 bits per heavy atom. The molecule has 0 unspecified atom stereocenters. The third-order valence-corrected chi connectivity index (χ3v) is 2.70. The first-order valence-electron chi connectivity index (χ1n) is 6.29. The summed E-state index contributed by atoms with van der Waals surface area (Å²) >= 11 is 0. The second-order valence-corrected chi connectivity index (χ2v) is 4.18. The van der Waals surface area contributed by atoms with Gasteiger partial charge >= 0.3 is 6.61 Å². The summed E-state index contributed by atoms with van der Waals surface area (Å²) in [7, 11) is 0. The molecule has 0 atom stereocenters. The standard InChI is InChI=1S/C16H13F2NO2/c17-16(18)21-15-9-5-4-8-13(15)10-19-11-14(20)12-6-2-1-3-7-12/h1-10,16H,11H2. The summed E-state index contributed by atoms with van der Waals surface area (Å²) in [4.78, 5) is 15.8. The van der Waals surface area contributed by atoms with Crippen molar-refractivity contribution in [1.29, 1.82) is 0 Å². The zero-order chi connectivity index (χ0) is 15.1. The van der Waals surface area contributed by atoms with Crippen LogP contribution in [0.3, 0.4) is 0 Å². The van der Waals surface area contributed by atoms with E-state index in [1.165, 1.54) is 12.3 Å². The van der Waals surface area contributed by atoms with E-state index in [9.17, 15) is 13.6 Å². The average Bonchev–Trinajstić information content (AvgIpc) is 2.49. The molecule has 0 aliphatic heterocycles. The Balaban J connectivity index is 2.03. The lowest BCUT2D eigenvalue weighted by atomic mass is 10.1. The van der Waals surface area contributed by atoms with Crippen molar-refractivity contribution < 1.29 is 18.3 Å². The highest BCUT2D eigenvalue weighted by Gasteiger charge is 2.08. The fraction of sp³-hybridized carbons (Fsp3) is 0.125. The molecule has 2 aromatic rings. The molecule has 0 radical (unpaired) electrons. The second-order valence-electron chi connectivity index (χ2n) is 4.18. The van der Waals surface area contributed by atoms with E-state index < -0.39 is 6.61 Å². The van der Waals surface area contributed by atoms with Gasteiger partial charge in [0, 0.05) is 17.3 Å². The van der Waals surface area contributed by atoms with Crippen LogP contribution in [0.25, 0.3) is 0 Å². The van der Waals surface area contributed by atoms with Gasteiger partial charge in [0.05, 0.1) is 0 Å². The fourth-order valence-electron chi connectivity index (χ4n) is 1.73. The summed E-state index contributed by atoms with van der Waals surface area (Å²) < 4.78 is 28.9. The third kappa shape index (κ3) is 4.49. The Kier molecular flexibility index (Phi) is 5.15. The Morgan fingerprint density at radius 3 is 2.48 bits per heavy atom.